The predicted octanol–water partition coefficient (Wildman–Crippen LogP) is 1.15. The van der Waals surface area contributed by atoms with Crippen molar-refractivity contribution in [3.05, 3.63) is 39.8 Å². The summed E-state index contributed by atoms with van der Waals surface area (Å²) in [7, 11) is 0. The molecule has 0 fully saturated rings. The molecule has 0 spiro atoms. The van der Waals surface area contributed by atoms with Gasteiger partial charge < -0.3 is 21.0 Å². The van der Waals surface area contributed by atoms with E-state index >= 15 is 0 Å². The molecule has 2 aromatic heterocycles. The molecule has 0 saturated carbocycles. The van der Waals surface area contributed by atoms with Crippen LogP contribution in [0.3, 0.4) is 0 Å². The van der Waals surface area contributed by atoms with E-state index in [0.29, 0.717) is 21.9 Å². The predicted molar refractivity (Wildman–Crippen MR) is 73.4 cm³/mol. The molecule has 3 aromatic rings. The third-order valence-corrected chi connectivity index (χ3v) is 3.20. The number of aromatic nitrogens is 3. The van der Waals surface area contributed by atoms with E-state index in [9.17, 15) is 9.59 Å². The van der Waals surface area contributed by atoms with Gasteiger partial charge >= 0.3 is 5.69 Å². The maximum Gasteiger partial charge on any atom is 0.323 e. The number of aromatic amines is 2. The number of nitrogens with zero attached hydrogens (tertiary/aromatic N) is 1. The summed E-state index contributed by atoms with van der Waals surface area (Å²) in [6, 6.07) is 5.07. The van der Waals surface area contributed by atoms with Gasteiger partial charge in [-0.1, -0.05) is 0 Å². The van der Waals surface area contributed by atoms with E-state index < -0.39 is 0 Å². The van der Waals surface area contributed by atoms with E-state index in [4.69, 9.17) is 5.73 Å². The van der Waals surface area contributed by atoms with E-state index in [-0.39, 0.29) is 17.3 Å². The summed E-state index contributed by atoms with van der Waals surface area (Å²) in [5, 5.41) is 4.61. The lowest BCUT2D eigenvalue weighted by molar-refractivity contribution is 0.102. The number of thiazole rings is 1. The zero-order chi connectivity index (χ0) is 13.4. The van der Waals surface area contributed by atoms with E-state index in [1.807, 2.05) is 0 Å². The smallest absolute Gasteiger partial charge is 0.323 e. The molecular formula is C11H9N5O2S. The molecule has 0 unspecified atom stereocenters. The third-order valence-electron chi connectivity index (χ3n) is 2.53. The Bertz CT molecular complexity index is 816. The molecule has 19 heavy (non-hydrogen) atoms. The Morgan fingerprint density at radius 2 is 2.11 bits per heavy atom. The van der Waals surface area contributed by atoms with Crippen molar-refractivity contribution < 1.29 is 4.79 Å². The topological polar surface area (TPSA) is 117 Å². The van der Waals surface area contributed by atoms with Crippen molar-refractivity contribution in [3.63, 3.8) is 0 Å². The lowest BCUT2D eigenvalue weighted by Crippen LogP contribution is -2.12. The first-order chi connectivity index (χ1) is 9.11. The van der Waals surface area contributed by atoms with Crippen LogP contribution >= 0.6 is 11.3 Å². The summed E-state index contributed by atoms with van der Waals surface area (Å²) < 4.78 is 0. The number of anilines is 2. The first-order valence-electron chi connectivity index (χ1n) is 5.36. The average molecular weight is 275 g/mol. The van der Waals surface area contributed by atoms with Crippen LogP contribution in [0.4, 0.5) is 10.8 Å². The second kappa shape index (κ2) is 4.25. The van der Waals surface area contributed by atoms with Crippen molar-refractivity contribution in [2.75, 3.05) is 11.1 Å². The summed E-state index contributed by atoms with van der Waals surface area (Å²) in [5.41, 5.74) is 7.33. The highest BCUT2D eigenvalue weighted by atomic mass is 32.1. The fraction of sp³-hybridized carbons (Fsp3) is 0. The maximum atomic E-state index is 11.9. The Hall–Kier alpha value is -2.61. The number of rotatable bonds is 2. The summed E-state index contributed by atoms with van der Waals surface area (Å²) in [6.45, 7) is 0. The molecule has 1 amide bonds. The molecule has 0 aliphatic heterocycles. The van der Waals surface area contributed by atoms with Crippen LogP contribution in [-0.4, -0.2) is 20.9 Å². The Labute approximate surface area is 110 Å². The molecule has 8 heteroatoms. The molecule has 5 N–H and O–H groups in total. The SMILES string of the molecule is Nc1nc(C(=O)Nc2ccc3[nH]c(=O)[nH]c3c2)cs1. The molecule has 1 aromatic carbocycles. The first kappa shape index (κ1) is 11.5. The molecule has 96 valence electrons. The number of carbonyl (C=O) groups excluding carboxylic acids is 1. The molecule has 0 aliphatic rings. The van der Waals surface area contributed by atoms with Gasteiger partial charge in [0.15, 0.2) is 5.13 Å². The lowest BCUT2D eigenvalue weighted by Gasteiger charge is -2.02. The Morgan fingerprint density at radius 3 is 2.84 bits per heavy atom. The van der Waals surface area contributed by atoms with Gasteiger partial charge in [0.05, 0.1) is 11.0 Å². The Balaban J connectivity index is 1.88. The van der Waals surface area contributed by atoms with Crippen LogP contribution in [0.25, 0.3) is 11.0 Å². The minimum absolute atomic E-state index is 0.269. The van der Waals surface area contributed by atoms with Gasteiger partial charge in [-0.05, 0) is 18.2 Å². The molecule has 7 nitrogen and oxygen atoms in total. The highest BCUT2D eigenvalue weighted by Crippen LogP contribution is 2.17. The number of fused-ring (bicyclic) bond motifs is 1. The molecule has 0 bridgehead atoms. The number of H-pyrrole nitrogens is 2. The Morgan fingerprint density at radius 1 is 1.32 bits per heavy atom. The Kier molecular flexibility index (Phi) is 2.57. The normalized spacial score (nSPS) is 10.7. The second-order valence-electron chi connectivity index (χ2n) is 3.86. The van der Waals surface area contributed by atoms with Crippen LogP contribution in [-0.2, 0) is 0 Å². The highest BCUT2D eigenvalue weighted by molar-refractivity contribution is 7.13. The highest BCUT2D eigenvalue weighted by Gasteiger charge is 2.10. The largest absolute Gasteiger partial charge is 0.375 e. The summed E-state index contributed by atoms with van der Waals surface area (Å²) in [5.74, 6) is -0.342. The molecule has 0 aliphatic carbocycles. The second-order valence-corrected chi connectivity index (χ2v) is 4.75. The van der Waals surface area contributed by atoms with Gasteiger partial charge in [-0.15, -0.1) is 11.3 Å². The number of carbonyl (C=O) groups is 1. The van der Waals surface area contributed by atoms with Gasteiger partial charge in [-0.2, -0.15) is 0 Å². The molecule has 0 radical (unpaired) electrons. The quantitative estimate of drug-likeness (QED) is 0.561. The monoisotopic (exact) mass is 275 g/mol. The molecule has 3 rings (SSSR count). The molecule has 2 heterocycles. The average Bonchev–Trinajstić information content (AvgIpc) is 2.93. The fourth-order valence-corrected chi connectivity index (χ4v) is 2.24. The van der Waals surface area contributed by atoms with Crippen LogP contribution in [0.2, 0.25) is 0 Å². The van der Waals surface area contributed by atoms with Crippen molar-refractivity contribution in [1.29, 1.82) is 0 Å². The zero-order valence-corrected chi connectivity index (χ0v) is 10.4. The minimum Gasteiger partial charge on any atom is -0.375 e. The van der Waals surface area contributed by atoms with Crippen LogP contribution in [0, 0.1) is 0 Å². The van der Waals surface area contributed by atoms with Crippen LogP contribution < -0.4 is 16.7 Å². The van der Waals surface area contributed by atoms with Crippen molar-refractivity contribution in [2.24, 2.45) is 0 Å². The van der Waals surface area contributed by atoms with Crippen LogP contribution in [0.1, 0.15) is 10.5 Å². The number of nitrogen functional groups attached to an aromatic ring is 1. The van der Waals surface area contributed by atoms with Crippen LogP contribution in [0.15, 0.2) is 28.4 Å². The number of imidazole rings is 1. The maximum absolute atomic E-state index is 11.9. The van der Waals surface area contributed by atoms with E-state index in [1.54, 1.807) is 23.6 Å². The molecule has 0 saturated heterocycles. The van der Waals surface area contributed by atoms with Gasteiger partial charge in [0.1, 0.15) is 5.69 Å². The van der Waals surface area contributed by atoms with Crippen LogP contribution in [0.5, 0.6) is 0 Å². The van der Waals surface area contributed by atoms with Crippen molar-refractivity contribution in [3.8, 4) is 0 Å². The fourth-order valence-electron chi connectivity index (χ4n) is 1.70. The zero-order valence-electron chi connectivity index (χ0n) is 9.56. The molecular weight excluding hydrogens is 266 g/mol. The minimum atomic E-state index is -0.342. The number of nitrogens with two attached hydrogens (primary N) is 1. The van der Waals surface area contributed by atoms with Crippen molar-refractivity contribution in [1.82, 2.24) is 15.0 Å². The number of hydrogen-bond acceptors (Lipinski definition) is 5. The van der Waals surface area contributed by atoms with Gasteiger partial charge in [-0.3, -0.25) is 4.79 Å². The standard InChI is InChI=1S/C11H9N5O2S/c12-10-14-8(4-19-10)9(17)13-5-1-2-6-7(3-5)16-11(18)15-6/h1-4H,(H2,12,14)(H,13,17)(H2,15,16,18). The van der Waals surface area contributed by atoms with E-state index in [0.717, 1.165) is 0 Å². The van der Waals surface area contributed by atoms with Gasteiger partial charge in [0, 0.05) is 11.1 Å². The van der Waals surface area contributed by atoms with E-state index in [2.05, 4.69) is 20.3 Å². The summed E-state index contributed by atoms with van der Waals surface area (Å²) in [6.07, 6.45) is 0. The number of hydrogen-bond donors (Lipinski definition) is 4. The first-order valence-corrected chi connectivity index (χ1v) is 6.24. The lowest BCUT2D eigenvalue weighted by atomic mass is 10.2. The van der Waals surface area contributed by atoms with Crippen molar-refractivity contribution >= 4 is 39.1 Å². The summed E-state index contributed by atoms with van der Waals surface area (Å²) >= 11 is 1.20. The molecule has 0 atom stereocenters. The third kappa shape index (κ3) is 2.20. The van der Waals surface area contributed by atoms with Gasteiger partial charge in [0.2, 0.25) is 0 Å². The van der Waals surface area contributed by atoms with Gasteiger partial charge in [0.25, 0.3) is 5.91 Å². The van der Waals surface area contributed by atoms with Gasteiger partial charge in [-0.25, -0.2) is 9.78 Å². The number of amides is 1. The number of benzene rings is 1. The number of nitrogens with one attached hydrogen (secondary N) is 3. The van der Waals surface area contributed by atoms with Crippen molar-refractivity contribution in [2.45, 2.75) is 0 Å². The summed E-state index contributed by atoms with van der Waals surface area (Å²) in [4.78, 5) is 32.1. The van der Waals surface area contributed by atoms with E-state index in [1.165, 1.54) is 11.3 Å².